The van der Waals surface area contributed by atoms with E-state index in [1.165, 1.54) is 19.4 Å². The summed E-state index contributed by atoms with van der Waals surface area (Å²) in [5.41, 5.74) is 5.51. The van der Waals surface area contributed by atoms with Crippen molar-refractivity contribution in [2.45, 2.75) is 19.3 Å². The van der Waals surface area contributed by atoms with Gasteiger partial charge in [0.1, 0.15) is 0 Å². The van der Waals surface area contributed by atoms with Crippen molar-refractivity contribution in [3.63, 3.8) is 0 Å². The zero-order chi connectivity index (χ0) is 9.45. The Morgan fingerprint density at radius 1 is 1.23 bits per heavy atom. The predicted octanol–water partition coefficient (Wildman–Crippen LogP) is -1.62. The summed E-state index contributed by atoms with van der Waals surface area (Å²) in [6.45, 7) is 6.80. The van der Waals surface area contributed by atoms with Crippen LogP contribution in [0.4, 0.5) is 0 Å². The van der Waals surface area contributed by atoms with Gasteiger partial charge in [-0.1, -0.05) is 6.08 Å². The Morgan fingerprint density at radius 3 is 2.31 bits per heavy atom. The van der Waals surface area contributed by atoms with Crippen LogP contribution in [0.15, 0.2) is 12.7 Å². The van der Waals surface area contributed by atoms with Crippen LogP contribution in [0.1, 0.15) is 19.3 Å². The molecule has 0 atom stereocenters. The van der Waals surface area contributed by atoms with Crippen LogP contribution in [0.25, 0.3) is 0 Å². The van der Waals surface area contributed by atoms with Crippen LogP contribution >= 0.6 is 0 Å². The quantitative estimate of drug-likeness (QED) is 0.328. The molecule has 2 nitrogen and oxygen atoms in total. The van der Waals surface area contributed by atoms with Gasteiger partial charge in [0.2, 0.25) is 0 Å². The number of allylic oxidation sites excluding steroid dienone is 1. The van der Waals surface area contributed by atoms with E-state index in [0.29, 0.717) is 0 Å². The highest BCUT2D eigenvalue weighted by atomic mass is 79.9. The third kappa shape index (κ3) is 10.1. The van der Waals surface area contributed by atoms with E-state index >= 15 is 0 Å². The lowest BCUT2D eigenvalue weighted by Gasteiger charge is -2.29. The Hall–Kier alpha value is 0.140. The largest absolute Gasteiger partial charge is 1.00 e. The molecule has 3 heteroatoms. The number of hydrogen-bond acceptors (Lipinski definition) is 1. The van der Waals surface area contributed by atoms with E-state index in [1.807, 2.05) is 6.08 Å². The van der Waals surface area contributed by atoms with Gasteiger partial charge < -0.3 is 27.2 Å². The van der Waals surface area contributed by atoms with E-state index in [0.717, 1.165) is 24.0 Å². The molecule has 0 heterocycles. The molecule has 0 aliphatic carbocycles. The van der Waals surface area contributed by atoms with Crippen molar-refractivity contribution in [3.8, 4) is 0 Å². The third-order valence-corrected chi connectivity index (χ3v) is 2.16. The molecule has 0 rings (SSSR count). The Kier molecular flexibility index (Phi) is 10.5. The number of halogens is 1. The average molecular weight is 251 g/mol. The zero-order valence-electron chi connectivity index (χ0n) is 8.93. The fourth-order valence-corrected chi connectivity index (χ4v) is 1.29. The van der Waals surface area contributed by atoms with Gasteiger partial charge in [-0.2, -0.15) is 0 Å². The highest BCUT2D eigenvalue weighted by Crippen LogP contribution is 2.02. The first kappa shape index (κ1) is 15.6. The normalized spacial score (nSPS) is 10.7. The summed E-state index contributed by atoms with van der Waals surface area (Å²) in [5, 5.41) is 0. The SMILES string of the molecule is C=CCCCC[N+](C)(C)CCN.[Br-]. The fourth-order valence-electron chi connectivity index (χ4n) is 1.29. The fraction of sp³-hybridized carbons (Fsp3) is 0.800. The Morgan fingerprint density at radius 2 is 1.85 bits per heavy atom. The van der Waals surface area contributed by atoms with Gasteiger partial charge in [-0.3, -0.25) is 0 Å². The first-order valence-electron chi connectivity index (χ1n) is 4.75. The highest BCUT2D eigenvalue weighted by molar-refractivity contribution is 4.65. The molecule has 0 amide bonds. The van der Waals surface area contributed by atoms with Gasteiger partial charge in [0.15, 0.2) is 0 Å². The summed E-state index contributed by atoms with van der Waals surface area (Å²) in [6, 6.07) is 0. The second kappa shape index (κ2) is 8.73. The maximum absolute atomic E-state index is 5.51. The molecule has 13 heavy (non-hydrogen) atoms. The van der Waals surface area contributed by atoms with Crippen molar-refractivity contribution in [3.05, 3.63) is 12.7 Å². The van der Waals surface area contributed by atoms with E-state index < -0.39 is 0 Å². The molecule has 0 spiro atoms. The molecule has 0 fully saturated rings. The van der Waals surface area contributed by atoms with Crippen molar-refractivity contribution in [2.75, 3.05) is 33.7 Å². The first-order chi connectivity index (χ1) is 5.62. The summed E-state index contributed by atoms with van der Waals surface area (Å²) < 4.78 is 1.05. The molecule has 0 aromatic rings. The highest BCUT2D eigenvalue weighted by Gasteiger charge is 2.11. The summed E-state index contributed by atoms with van der Waals surface area (Å²) in [5.74, 6) is 0. The van der Waals surface area contributed by atoms with Crippen LogP contribution in [0.3, 0.4) is 0 Å². The van der Waals surface area contributed by atoms with E-state index in [4.69, 9.17) is 5.73 Å². The van der Waals surface area contributed by atoms with E-state index in [1.54, 1.807) is 0 Å². The molecule has 0 saturated carbocycles. The van der Waals surface area contributed by atoms with Crippen molar-refractivity contribution in [2.24, 2.45) is 5.73 Å². The number of unbranched alkanes of at least 4 members (excludes halogenated alkanes) is 2. The van der Waals surface area contributed by atoms with Gasteiger partial charge in [-0.05, 0) is 19.3 Å². The van der Waals surface area contributed by atoms with Crippen molar-refractivity contribution in [1.29, 1.82) is 0 Å². The second-order valence-corrected chi connectivity index (χ2v) is 3.96. The minimum absolute atomic E-state index is 0. The maximum atomic E-state index is 5.51. The van der Waals surface area contributed by atoms with Crippen LogP contribution in [-0.2, 0) is 0 Å². The molecule has 2 N–H and O–H groups in total. The first-order valence-corrected chi connectivity index (χ1v) is 4.75. The van der Waals surface area contributed by atoms with Crippen LogP contribution < -0.4 is 22.7 Å². The lowest BCUT2D eigenvalue weighted by atomic mass is 10.2. The zero-order valence-corrected chi connectivity index (χ0v) is 10.5. The number of quaternary nitrogens is 1. The van der Waals surface area contributed by atoms with Gasteiger partial charge in [-0.15, -0.1) is 6.58 Å². The molecule has 0 bridgehead atoms. The number of hydrogen-bond donors (Lipinski definition) is 1. The Bertz CT molecular complexity index is 124. The van der Waals surface area contributed by atoms with Crippen LogP contribution in [0.2, 0.25) is 0 Å². The predicted molar refractivity (Wildman–Crippen MR) is 54.9 cm³/mol. The molecule has 0 aliphatic heterocycles. The van der Waals surface area contributed by atoms with Crippen molar-refractivity contribution < 1.29 is 21.5 Å². The molecule has 0 radical (unpaired) electrons. The number of rotatable bonds is 7. The Balaban J connectivity index is 0. The molecule has 0 saturated heterocycles. The minimum atomic E-state index is 0. The topological polar surface area (TPSA) is 26.0 Å². The van der Waals surface area contributed by atoms with E-state index in [9.17, 15) is 0 Å². The van der Waals surface area contributed by atoms with Crippen molar-refractivity contribution in [1.82, 2.24) is 0 Å². The maximum Gasteiger partial charge on any atom is 0.0907 e. The average Bonchev–Trinajstić information content (AvgIpc) is 1.98. The number of nitrogens with two attached hydrogens (primary N) is 1. The summed E-state index contributed by atoms with van der Waals surface area (Å²) in [7, 11) is 4.47. The lowest BCUT2D eigenvalue weighted by molar-refractivity contribution is -0.889. The van der Waals surface area contributed by atoms with Gasteiger partial charge >= 0.3 is 0 Å². The minimum Gasteiger partial charge on any atom is -1.00 e. The smallest absolute Gasteiger partial charge is 0.0907 e. The van der Waals surface area contributed by atoms with Crippen LogP contribution in [0, 0.1) is 0 Å². The lowest BCUT2D eigenvalue weighted by Crippen LogP contribution is -3.00. The van der Waals surface area contributed by atoms with Crippen molar-refractivity contribution >= 4 is 0 Å². The summed E-state index contributed by atoms with van der Waals surface area (Å²) >= 11 is 0. The summed E-state index contributed by atoms with van der Waals surface area (Å²) in [6.07, 6.45) is 5.67. The van der Waals surface area contributed by atoms with Crippen LogP contribution in [-0.4, -0.2) is 38.2 Å². The van der Waals surface area contributed by atoms with E-state index in [2.05, 4.69) is 20.7 Å². The van der Waals surface area contributed by atoms with Crippen LogP contribution in [0.5, 0.6) is 0 Å². The van der Waals surface area contributed by atoms with Gasteiger partial charge in [0, 0.05) is 6.54 Å². The molecular weight excluding hydrogens is 228 g/mol. The molecule has 0 aromatic heterocycles. The number of nitrogens with zero attached hydrogens (tertiary/aromatic N) is 1. The van der Waals surface area contributed by atoms with Gasteiger partial charge in [-0.25, -0.2) is 0 Å². The Labute approximate surface area is 93.2 Å². The number of likely N-dealkylation sites (N-methyl/N-ethyl adjacent to an activating group) is 1. The molecule has 0 unspecified atom stereocenters. The van der Waals surface area contributed by atoms with Gasteiger partial charge in [0.25, 0.3) is 0 Å². The summed E-state index contributed by atoms with van der Waals surface area (Å²) in [4.78, 5) is 0. The third-order valence-electron chi connectivity index (χ3n) is 2.16. The monoisotopic (exact) mass is 250 g/mol. The molecular formula is C10H23BrN2. The molecule has 0 aliphatic rings. The standard InChI is InChI=1S/C10H23N2.BrH/c1-4-5-6-7-9-12(2,3)10-8-11;/h4H,1,5-11H2,2-3H3;1H/q+1;/p-1. The second-order valence-electron chi connectivity index (χ2n) is 3.96. The molecule has 80 valence electrons. The van der Waals surface area contributed by atoms with Gasteiger partial charge in [0.05, 0.1) is 27.2 Å². The van der Waals surface area contributed by atoms with E-state index in [-0.39, 0.29) is 17.0 Å². The molecule has 0 aromatic carbocycles.